The molecule has 2 aromatic carbocycles. The van der Waals surface area contributed by atoms with E-state index in [4.69, 9.17) is 4.98 Å². The Morgan fingerprint density at radius 1 is 0.939 bits per heavy atom. The molecule has 4 rings (SSSR count). The van der Waals surface area contributed by atoms with Crippen LogP contribution in [0.1, 0.15) is 18.9 Å². The third-order valence-corrected chi connectivity index (χ3v) is 7.35. The lowest BCUT2D eigenvalue weighted by molar-refractivity contribution is 0.602. The van der Waals surface area contributed by atoms with Gasteiger partial charge in [-0.1, -0.05) is 30.8 Å². The highest BCUT2D eigenvalue weighted by molar-refractivity contribution is 7.98. The van der Waals surface area contributed by atoms with Crippen LogP contribution in [0.3, 0.4) is 0 Å². The summed E-state index contributed by atoms with van der Waals surface area (Å²) in [4.78, 5) is 9.41. The van der Waals surface area contributed by atoms with E-state index >= 15 is 0 Å². The van der Waals surface area contributed by atoms with Crippen molar-refractivity contribution >= 4 is 21.6 Å². The normalized spacial score (nSPS) is 11.6. The van der Waals surface area contributed by atoms with Crippen LogP contribution in [-0.4, -0.2) is 29.2 Å². The lowest BCUT2D eigenvalue weighted by Crippen LogP contribution is -2.02. The Morgan fingerprint density at radius 3 is 2.21 bits per heavy atom. The number of pyridine rings is 1. The molecule has 0 unspecified atom stereocenters. The van der Waals surface area contributed by atoms with Gasteiger partial charge in [-0.2, -0.15) is 0 Å². The molecule has 0 aliphatic rings. The number of rotatable bonds is 8. The number of thioether (sulfide) groups is 1. The van der Waals surface area contributed by atoms with Crippen LogP contribution in [0.2, 0.25) is 0 Å². The minimum absolute atomic E-state index is 0.288. The first kappa shape index (κ1) is 23.2. The van der Waals surface area contributed by atoms with Crippen molar-refractivity contribution in [2.75, 3.05) is 6.26 Å². The number of hydrogen-bond acceptors (Lipinski definition) is 5. The summed E-state index contributed by atoms with van der Waals surface area (Å²) < 4.78 is 39.2. The topological polar surface area (TPSA) is 64.8 Å². The van der Waals surface area contributed by atoms with Gasteiger partial charge in [-0.25, -0.2) is 17.8 Å². The monoisotopic (exact) mass is 481 g/mol. The molecule has 4 aromatic rings. The summed E-state index contributed by atoms with van der Waals surface area (Å²) in [5.41, 5.74) is 4.62. The fraction of sp³-hybridized carbons (Fsp3) is 0.200. The third kappa shape index (κ3) is 5.34. The number of hydrogen-bond donors (Lipinski definition) is 0. The van der Waals surface area contributed by atoms with Gasteiger partial charge in [-0.15, -0.1) is 0 Å². The maximum Gasteiger partial charge on any atom is 0.175 e. The summed E-state index contributed by atoms with van der Waals surface area (Å²) in [6, 6.07) is 17.2. The molecule has 2 aromatic heterocycles. The van der Waals surface area contributed by atoms with Gasteiger partial charge in [0, 0.05) is 42.1 Å². The second-order valence-electron chi connectivity index (χ2n) is 7.69. The van der Waals surface area contributed by atoms with Gasteiger partial charge < -0.3 is 4.57 Å². The number of sulfone groups is 1. The molecule has 0 saturated heterocycles. The molecule has 0 N–H and O–H groups in total. The highest BCUT2D eigenvalue weighted by Crippen LogP contribution is 2.37. The molecule has 0 radical (unpaired) electrons. The van der Waals surface area contributed by atoms with E-state index in [0.29, 0.717) is 10.6 Å². The molecule has 0 bridgehead atoms. The predicted molar refractivity (Wildman–Crippen MR) is 130 cm³/mol. The van der Waals surface area contributed by atoms with Crippen molar-refractivity contribution in [3.63, 3.8) is 0 Å². The fourth-order valence-corrected chi connectivity index (χ4v) is 5.18. The number of aromatic nitrogens is 3. The van der Waals surface area contributed by atoms with Gasteiger partial charge >= 0.3 is 0 Å². The van der Waals surface area contributed by atoms with Crippen molar-refractivity contribution in [2.45, 2.75) is 35.7 Å². The average Bonchev–Trinajstić information content (AvgIpc) is 3.17. The van der Waals surface area contributed by atoms with Gasteiger partial charge in [0.2, 0.25) is 0 Å². The van der Waals surface area contributed by atoms with E-state index in [-0.39, 0.29) is 5.82 Å². The van der Waals surface area contributed by atoms with Crippen LogP contribution in [0.15, 0.2) is 83.1 Å². The number of halogens is 1. The maximum absolute atomic E-state index is 13.6. The van der Waals surface area contributed by atoms with Gasteiger partial charge in [0.25, 0.3) is 0 Å². The molecule has 170 valence electrons. The van der Waals surface area contributed by atoms with Crippen LogP contribution in [-0.2, 0) is 22.1 Å². The van der Waals surface area contributed by atoms with E-state index in [2.05, 4.69) is 16.5 Å². The minimum Gasteiger partial charge on any atom is -0.318 e. The molecule has 8 heteroatoms. The lowest BCUT2D eigenvalue weighted by atomic mass is 10.1. The SMILES string of the molecule is CCCn1c(SCc2ccc(S(C)(=O)=O)cc2)nc(-c2ccc(F)cc2)c1-c1ccncc1. The van der Waals surface area contributed by atoms with Crippen molar-refractivity contribution in [3.05, 3.63) is 84.4 Å². The van der Waals surface area contributed by atoms with Crippen molar-refractivity contribution < 1.29 is 12.8 Å². The van der Waals surface area contributed by atoms with Crippen LogP contribution in [0.25, 0.3) is 22.5 Å². The van der Waals surface area contributed by atoms with E-state index in [1.807, 2.05) is 24.3 Å². The Bertz CT molecular complexity index is 1340. The molecule has 0 spiro atoms. The van der Waals surface area contributed by atoms with Crippen LogP contribution in [0.5, 0.6) is 0 Å². The first-order valence-electron chi connectivity index (χ1n) is 10.6. The van der Waals surface area contributed by atoms with Crippen LogP contribution in [0, 0.1) is 5.82 Å². The molecule has 0 saturated carbocycles. The van der Waals surface area contributed by atoms with Gasteiger partial charge in [0.05, 0.1) is 16.3 Å². The van der Waals surface area contributed by atoms with Crippen LogP contribution >= 0.6 is 11.8 Å². The van der Waals surface area contributed by atoms with Crippen molar-refractivity contribution in [2.24, 2.45) is 0 Å². The van der Waals surface area contributed by atoms with Crippen LogP contribution < -0.4 is 0 Å². The average molecular weight is 482 g/mol. The summed E-state index contributed by atoms with van der Waals surface area (Å²) in [5.74, 6) is 0.355. The Hall–Kier alpha value is -2.97. The molecular formula is C25H24FN3O2S2. The van der Waals surface area contributed by atoms with Gasteiger partial charge in [-0.05, 0) is 60.5 Å². The number of imidazole rings is 1. The predicted octanol–water partition coefficient (Wildman–Crippen LogP) is 5.86. The van der Waals surface area contributed by atoms with E-state index in [0.717, 1.165) is 46.2 Å². The molecule has 33 heavy (non-hydrogen) atoms. The molecule has 0 amide bonds. The molecule has 0 fully saturated rings. The first-order valence-corrected chi connectivity index (χ1v) is 13.4. The smallest absolute Gasteiger partial charge is 0.175 e. The molecule has 5 nitrogen and oxygen atoms in total. The molecular weight excluding hydrogens is 457 g/mol. The Morgan fingerprint density at radius 2 is 1.61 bits per heavy atom. The highest BCUT2D eigenvalue weighted by Gasteiger charge is 2.20. The summed E-state index contributed by atoms with van der Waals surface area (Å²) in [6.45, 7) is 2.90. The van der Waals surface area contributed by atoms with Gasteiger partial charge in [-0.3, -0.25) is 4.98 Å². The first-order chi connectivity index (χ1) is 15.9. The summed E-state index contributed by atoms with van der Waals surface area (Å²) in [5, 5.41) is 0.857. The second-order valence-corrected chi connectivity index (χ2v) is 10.6. The van der Waals surface area contributed by atoms with Crippen molar-refractivity contribution in [1.29, 1.82) is 0 Å². The second kappa shape index (κ2) is 9.89. The molecule has 0 aliphatic heterocycles. The minimum atomic E-state index is -3.22. The Balaban J connectivity index is 1.74. The Labute approximate surface area is 197 Å². The lowest BCUT2D eigenvalue weighted by Gasteiger charge is -2.12. The Kier molecular flexibility index (Phi) is 6.95. The maximum atomic E-state index is 13.6. The van der Waals surface area contributed by atoms with Crippen molar-refractivity contribution in [1.82, 2.24) is 14.5 Å². The zero-order valence-electron chi connectivity index (χ0n) is 18.4. The van der Waals surface area contributed by atoms with E-state index in [1.54, 1.807) is 48.4 Å². The molecule has 0 aliphatic carbocycles. The summed E-state index contributed by atoms with van der Waals surface area (Å²) in [7, 11) is -3.22. The van der Waals surface area contributed by atoms with Gasteiger partial charge in [0.1, 0.15) is 5.82 Å². The summed E-state index contributed by atoms with van der Waals surface area (Å²) >= 11 is 1.59. The zero-order valence-corrected chi connectivity index (χ0v) is 20.0. The standard InChI is InChI=1S/C25H24FN3O2S2/c1-3-16-29-24(20-12-14-27-15-13-20)23(19-6-8-21(26)9-7-19)28-25(29)32-17-18-4-10-22(11-5-18)33(2,30)31/h4-15H,3,16-17H2,1-2H3. The molecule has 0 atom stereocenters. The van der Waals surface area contributed by atoms with E-state index in [1.165, 1.54) is 18.4 Å². The van der Waals surface area contributed by atoms with E-state index in [9.17, 15) is 12.8 Å². The number of nitrogens with zero attached hydrogens (tertiary/aromatic N) is 3. The van der Waals surface area contributed by atoms with Crippen molar-refractivity contribution in [3.8, 4) is 22.5 Å². The largest absolute Gasteiger partial charge is 0.318 e. The fourth-order valence-electron chi connectivity index (χ4n) is 3.57. The van der Waals surface area contributed by atoms with Gasteiger partial charge in [0.15, 0.2) is 15.0 Å². The molecule has 2 heterocycles. The summed E-state index contributed by atoms with van der Waals surface area (Å²) in [6.07, 6.45) is 5.64. The zero-order chi connectivity index (χ0) is 23.4. The quantitative estimate of drug-likeness (QED) is 0.295. The highest BCUT2D eigenvalue weighted by atomic mass is 32.2. The van der Waals surface area contributed by atoms with E-state index < -0.39 is 9.84 Å². The third-order valence-electron chi connectivity index (χ3n) is 5.17. The van der Waals surface area contributed by atoms with Crippen LogP contribution in [0.4, 0.5) is 4.39 Å². The number of benzene rings is 2.